The summed E-state index contributed by atoms with van der Waals surface area (Å²) < 4.78 is 22.3. The Bertz CT molecular complexity index is 1020. The highest BCUT2D eigenvalue weighted by molar-refractivity contribution is 5.93. The Kier molecular flexibility index (Phi) is 5.59. The van der Waals surface area contributed by atoms with Crippen LogP contribution in [0.1, 0.15) is 23.1 Å². The summed E-state index contributed by atoms with van der Waals surface area (Å²) in [6.45, 7) is 2.10. The molecule has 0 atom stereocenters. The Labute approximate surface area is 161 Å². The summed E-state index contributed by atoms with van der Waals surface area (Å²) in [5.74, 6) is 0.511. The topological polar surface area (TPSA) is 123 Å². The highest BCUT2D eigenvalue weighted by Crippen LogP contribution is 2.36. The lowest BCUT2D eigenvalue weighted by atomic mass is 10.1. The van der Waals surface area contributed by atoms with E-state index in [1.165, 1.54) is 4.52 Å². The summed E-state index contributed by atoms with van der Waals surface area (Å²) in [7, 11) is 4.67. The number of nitrogens with two attached hydrogens (primary N) is 1. The van der Waals surface area contributed by atoms with Gasteiger partial charge in [0.2, 0.25) is 5.69 Å². The highest BCUT2D eigenvalue weighted by Gasteiger charge is 2.23. The van der Waals surface area contributed by atoms with Gasteiger partial charge in [0.1, 0.15) is 0 Å². The number of nitrogen functional groups attached to an aromatic ring is 1. The van der Waals surface area contributed by atoms with E-state index in [9.17, 15) is 4.79 Å². The maximum Gasteiger partial charge on any atom is 0.362 e. The maximum absolute atomic E-state index is 12.0. The number of hydrogen-bond donors (Lipinski definition) is 1. The molecule has 3 aromatic rings. The van der Waals surface area contributed by atoms with Gasteiger partial charge in [0, 0.05) is 7.11 Å². The third-order valence-corrected chi connectivity index (χ3v) is 4.07. The number of rotatable bonds is 7. The molecule has 2 N–H and O–H groups in total. The van der Waals surface area contributed by atoms with Crippen LogP contribution in [0.4, 0.5) is 5.82 Å². The van der Waals surface area contributed by atoms with E-state index in [2.05, 4.69) is 15.3 Å². The molecular weight excluding hydrogens is 366 g/mol. The SMILES string of the molecule is CCOC(=O)c1nnc2c(-c3ccc(OC)c(OC)c3)c(COC)nn2c1N. The number of esters is 1. The van der Waals surface area contributed by atoms with Crippen LogP contribution in [0, 0.1) is 0 Å². The van der Waals surface area contributed by atoms with Crippen LogP contribution >= 0.6 is 0 Å². The number of hydrogen-bond acceptors (Lipinski definition) is 9. The zero-order valence-corrected chi connectivity index (χ0v) is 16.1. The van der Waals surface area contributed by atoms with Crippen molar-refractivity contribution in [1.29, 1.82) is 0 Å². The summed E-state index contributed by atoms with van der Waals surface area (Å²) in [6.07, 6.45) is 0. The molecule has 0 spiro atoms. The van der Waals surface area contributed by atoms with Crippen molar-refractivity contribution >= 4 is 17.4 Å². The third kappa shape index (κ3) is 3.29. The quantitative estimate of drug-likeness (QED) is 0.603. The second-order valence-electron chi connectivity index (χ2n) is 5.71. The highest BCUT2D eigenvalue weighted by atomic mass is 16.5. The Balaban J connectivity index is 2.23. The van der Waals surface area contributed by atoms with Crippen LogP contribution < -0.4 is 15.2 Å². The zero-order valence-electron chi connectivity index (χ0n) is 16.1. The van der Waals surface area contributed by atoms with Gasteiger partial charge in [-0.1, -0.05) is 6.07 Å². The summed E-state index contributed by atoms with van der Waals surface area (Å²) >= 11 is 0. The van der Waals surface area contributed by atoms with Crippen molar-refractivity contribution in [3.8, 4) is 22.6 Å². The molecule has 0 aliphatic carbocycles. The van der Waals surface area contributed by atoms with Crippen LogP contribution in [-0.2, 0) is 16.1 Å². The summed E-state index contributed by atoms with van der Waals surface area (Å²) in [6, 6.07) is 5.42. The molecular formula is C18H21N5O5. The molecule has 3 rings (SSSR count). The summed E-state index contributed by atoms with van der Waals surface area (Å²) in [5.41, 5.74) is 8.41. The van der Waals surface area contributed by atoms with Crippen molar-refractivity contribution in [2.24, 2.45) is 0 Å². The van der Waals surface area contributed by atoms with Gasteiger partial charge in [-0.2, -0.15) is 9.61 Å². The molecule has 0 radical (unpaired) electrons. The van der Waals surface area contributed by atoms with Gasteiger partial charge < -0.3 is 24.7 Å². The minimum atomic E-state index is -0.661. The molecule has 0 unspecified atom stereocenters. The molecule has 10 heteroatoms. The van der Waals surface area contributed by atoms with Crippen LogP contribution in [0.25, 0.3) is 16.8 Å². The van der Waals surface area contributed by atoms with E-state index in [-0.39, 0.29) is 24.7 Å². The first-order valence-electron chi connectivity index (χ1n) is 8.47. The Hall–Kier alpha value is -3.40. The van der Waals surface area contributed by atoms with Crippen LogP contribution in [0.15, 0.2) is 18.2 Å². The number of aromatic nitrogens is 4. The van der Waals surface area contributed by atoms with Crippen molar-refractivity contribution in [3.05, 3.63) is 29.6 Å². The van der Waals surface area contributed by atoms with E-state index in [4.69, 9.17) is 24.7 Å². The number of fused-ring (bicyclic) bond motifs is 1. The second kappa shape index (κ2) is 8.09. The standard InChI is InChI=1S/C18H21N5O5/c1-5-28-18(24)15-16(19)23-17(21-20-15)14(11(22-23)9-25-2)10-6-7-12(26-3)13(8-10)27-4/h6-8H,5,9,19H2,1-4H3. The average molecular weight is 387 g/mol. The molecule has 0 bridgehead atoms. The summed E-state index contributed by atoms with van der Waals surface area (Å²) in [4.78, 5) is 12.0. The minimum Gasteiger partial charge on any atom is -0.493 e. The number of carbonyl (C=O) groups excluding carboxylic acids is 1. The molecule has 0 fully saturated rings. The molecule has 0 aliphatic rings. The second-order valence-corrected chi connectivity index (χ2v) is 5.71. The van der Waals surface area contributed by atoms with E-state index in [0.717, 1.165) is 5.56 Å². The van der Waals surface area contributed by atoms with Gasteiger partial charge in [0.05, 0.1) is 38.7 Å². The van der Waals surface area contributed by atoms with Crippen molar-refractivity contribution < 1.29 is 23.7 Å². The minimum absolute atomic E-state index is 0.0347. The fourth-order valence-corrected chi connectivity index (χ4v) is 2.83. The Morgan fingerprint density at radius 1 is 1.14 bits per heavy atom. The van der Waals surface area contributed by atoms with Gasteiger partial charge >= 0.3 is 5.97 Å². The normalized spacial score (nSPS) is 10.9. The van der Waals surface area contributed by atoms with E-state index in [0.29, 0.717) is 28.4 Å². The lowest BCUT2D eigenvalue weighted by molar-refractivity contribution is 0.0519. The molecule has 148 valence electrons. The molecule has 0 saturated carbocycles. The first kappa shape index (κ1) is 19.4. The van der Waals surface area contributed by atoms with Crippen LogP contribution in [0.5, 0.6) is 11.5 Å². The molecule has 0 aliphatic heterocycles. The number of anilines is 1. The van der Waals surface area contributed by atoms with Gasteiger partial charge in [0.25, 0.3) is 0 Å². The number of nitrogens with zero attached hydrogens (tertiary/aromatic N) is 4. The van der Waals surface area contributed by atoms with Gasteiger partial charge in [-0.25, -0.2) is 4.79 Å². The van der Waals surface area contributed by atoms with Crippen molar-refractivity contribution in [2.75, 3.05) is 33.7 Å². The van der Waals surface area contributed by atoms with E-state index in [1.54, 1.807) is 40.4 Å². The van der Waals surface area contributed by atoms with Gasteiger partial charge in [-0.3, -0.25) is 0 Å². The van der Waals surface area contributed by atoms with Crippen LogP contribution in [0.3, 0.4) is 0 Å². The first-order valence-corrected chi connectivity index (χ1v) is 8.47. The monoisotopic (exact) mass is 387 g/mol. The zero-order chi connectivity index (χ0) is 20.3. The molecule has 2 aromatic heterocycles. The fourth-order valence-electron chi connectivity index (χ4n) is 2.83. The van der Waals surface area contributed by atoms with Gasteiger partial charge in [0.15, 0.2) is 23.0 Å². The number of ether oxygens (including phenoxy) is 4. The molecule has 28 heavy (non-hydrogen) atoms. The average Bonchev–Trinajstić information content (AvgIpc) is 3.07. The van der Waals surface area contributed by atoms with E-state index < -0.39 is 5.97 Å². The largest absolute Gasteiger partial charge is 0.493 e. The van der Waals surface area contributed by atoms with Crippen molar-refractivity contribution in [1.82, 2.24) is 19.8 Å². The molecule has 0 saturated heterocycles. The van der Waals surface area contributed by atoms with Crippen molar-refractivity contribution in [3.63, 3.8) is 0 Å². The van der Waals surface area contributed by atoms with E-state index >= 15 is 0 Å². The molecule has 2 heterocycles. The third-order valence-electron chi connectivity index (χ3n) is 4.07. The van der Waals surface area contributed by atoms with E-state index in [1.807, 2.05) is 6.07 Å². The smallest absolute Gasteiger partial charge is 0.362 e. The number of methoxy groups -OCH3 is 3. The Morgan fingerprint density at radius 2 is 1.89 bits per heavy atom. The van der Waals surface area contributed by atoms with Gasteiger partial charge in [-0.05, 0) is 24.6 Å². The lowest BCUT2D eigenvalue weighted by Gasteiger charge is -2.10. The molecule has 0 amide bonds. The number of carbonyl (C=O) groups is 1. The Morgan fingerprint density at radius 3 is 2.54 bits per heavy atom. The first-order chi connectivity index (χ1) is 13.5. The molecule has 10 nitrogen and oxygen atoms in total. The van der Waals surface area contributed by atoms with Crippen LogP contribution in [0.2, 0.25) is 0 Å². The predicted molar refractivity (Wildman–Crippen MR) is 100 cm³/mol. The fraction of sp³-hybridized carbons (Fsp3) is 0.333. The van der Waals surface area contributed by atoms with Crippen LogP contribution in [-0.4, -0.2) is 53.7 Å². The lowest BCUT2D eigenvalue weighted by Crippen LogP contribution is -2.15. The van der Waals surface area contributed by atoms with Crippen molar-refractivity contribution in [2.45, 2.75) is 13.5 Å². The molecule has 1 aromatic carbocycles. The predicted octanol–water partition coefficient (Wildman–Crippen LogP) is 1.71. The van der Waals surface area contributed by atoms with Gasteiger partial charge in [-0.15, -0.1) is 10.2 Å². The maximum atomic E-state index is 12.0. The number of benzene rings is 1. The summed E-state index contributed by atoms with van der Waals surface area (Å²) in [5, 5.41) is 12.6.